The minimum absolute atomic E-state index is 0.0721. The Bertz CT molecular complexity index is 1050. The third-order valence-electron chi connectivity index (χ3n) is 5.61. The normalized spacial score (nSPS) is 13.7. The van der Waals surface area contributed by atoms with E-state index in [0.717, 1.165) is 16.9 Å². The highest BCUT2D eigenvalue weighted by Gasteiger charge is 2.57. The topological polar surface area (TPSA) is 55.8 Å². The lowest BCUT2D eigenvalue weighted by Gasteiger charge is -2.41. The van der Waals surface area contributed by atoms with E-state index in [4.69, 9.17) is 9.47 Å². The van der Waals surface area contributed by atoms with Crippen LogP contribution in [-0.2, 0) is 31.1 Å². The average molecular weight is 415 g/mol. The Labute approximate surface area is 182 Å². The first-order chi connectivity index (χ1) is 15.1. The van der Waals surface area contributed by atoms with Crippen LogP contribution in [0.1, 0.15) is 30.5 Å². The second kappa shape index (κ2) is 8.64. The first-order valence-electron chi connectivity index (χ1n) is 10.5. The van der Waals surface area contributed by atoms with Crippen molar-refractivity contribution in [3.05, 3.63) is 95.6 Å². The van der Waals surface area contributed by atoms with Gasteiger partial charge in [0.1, 0.15) is 6.61 Å². The molecule has 0 saturated heterocycles. The Balaban J connectivity index is 1.90. The summed E-state index contributed by atoms with van der Waals surface area (Å²) in [6.45, 7) is 4.70. The molecule has 0 fully saturated rings. The predicted octanol–water partition coefficient (Wildman–Crippen LogP) is 4.75. The van der Waals surface area contributed by atoms with Crippen molar-refractivity contribution in [3.8, 4) is 0 Å². The van der Waals surface area contributed by atoms with Gasteiger partial charge in [-0.05, 0) is 31.5 Å². The molecule has 0 unspecified atom stereocenters. The summed E-state index contributed by atoms with van der Waals surface area (Å²) in [6, 6.07) is 24.4. The van der Waals surface area contributed by atoms with Crippen LogP contribution in [0.3, 0.4) is 0 Å². The van der Waals surface area contributed by atoms with Crippen LogP contribution in [0.25, 0.3) is 0 Å². The number of para-hydroxylation sites is 2. The predicted molar refractivity (Wildman–Crippen MR) is 119 cm³/mol. The van der Waals surface area contributed by atoms with Gasteiger partial charge in [-0.15, -0.1) is 0 Å². The Morgan fingerprint density at radius 2 is 1.26 bits per heavy atom. The molecule has 0 spiro atoms. The van der Waals surface area contributed by atoms with Crippen molar-refractivity contribution < 1.29 is 19.1 Å². The summed E-state index contributed by atoms with van der Waals surface area (Å²) in [5, 5.41) is 0. The van der Waals surface area contributed by atoms with Crippen LogP contribution in [-0.4, -0.2) is 25.1 Å². The Kier molecular flexibility index (Phi) is 5.76. The zero-order valence-electron chi connectivity index (χ0n) is 17.7. The third kappa shape index (κ3) is 3.36. The second-order valence-electron chi connectivity index (χ2n) is 7.31. The fourth-order valence-electron chi connectivity index (χ4n) is 4.26. The van der Waals surface area contributed by atoms with Crippen molar-refractivity contribution >= 4 is 23.3 Å². The fourth-order valence-corrected chi connectivity index (χ4v) is 4.26. The van der Waals surface area contributed by atoms with Crippen molar-refractivity contribution in [2.45, 2.75) is 25.9 Å². The lowest BCUT2D eigenvalue weighted by Crippen LogP contribution is -2.50. The molecule has 0 atom stereocenters. The van der Waals surface area contributed by atoms with Crippen LogP contribution < -0.4 is 4.90 Å². The van der Waals surface area contributed by atoms with Gasteiger partial charge in [0.05, 0.1) is 6.61 Å². The Morgan fingerprint density at radius 1 is 0.742 bits per heavy atom. The number of rotatable bonds is 6. The van der Waals surface area contributed by atoms with E-state index in [-0.39, 0.29) is 13.2 Å². The number of benzene rings is 3. The maximum absolute atomic E-state index is 13.8. The summed E-state index contributed by atoms with van der Waals surface area (Å²) in [7, 11) is 0. The molecule has 0 saturated carbocycles. The molecule has 0 bridgehead atoms. The molecule has 3 aromatic rings. The van der Waals surface area contributed by atoms with Gasteiger partial charge in [0.2, 0.25) is 5.41 Å². The van der Waals surface area contributed by atoms with Gasteiger partial charge in [-0.25, -0.2) is 0 Å². The number of carbonyl (C=O) groups excluding carboxylic acids is 2. The molecule has 31 heavy (non-hydrogen) atoms. The van der Waals surface area contributed by atoms with Crippen molar-refractivity contribution in [1.82, 2.24) is 0 Å². The molecule has 4 rings (SSSR count). The summed E-state index contributed by atoms with van der Waals surface area (Å²) < 4.78 is 11.2. The molecule has 0 amide bonds. The summed E-state index contributed by atoms with van der Waals surface area (Å²) in [5.74, 6) is -1.26. The average Bonchev–Trinajstić information content (AvgIpc) is 2.81. The molecule has 5 nitrogen and oxygen atoms in total. The highest BCUT2D eigenvalue weighted by Crippen LogP contribution is 2.50. The van der Waals surface area contributed by atoms with Crippen LogP contribution in [0.5, 0.6) is 0 Å². The van der Waals surface area contributed by atoms with Gasteiger partial charge < -0.3 is 14.4 Å². The van der Waals surface area contributed by atoms with Crippen LogP contribution in [0, 0.1) is 0 Å². The van der Waals surface area contributed by atoms with Crippen molar-refractivity contribution in [1.29, 1.82) is 0 Å². The van der Waals surface area contributed by atoms with Gasteiger partial charge in [-0.2, -0.15) is 0 Å². The molecule has 5 heteroatoms. The van der Waals surface area contributed by atoms with E-state index in [2.05, 4.69) is 4.90 Å². The maximum atomic E-state index is 13.8. The summed E-state index contributed by atoms with van der Waals surface area (Å²) in [6.07, 6.45) is 0. The number of nitrogens with zero attached hydrogens (tertiary/aromatic N) is 1. The maximum Gasteiger partial charge on any atom is 0.333 e. The highest BCUT2D eigenvalue weighted by atomic mass is 16.6. The number of hydrogen-bond donors (Lipinski definition) is 0. The second-order valence-corrected chi connectivity index (χ2v) is 7.31. The monoisotopic (exact) mass is 415 g/mol. The van der Waals surface area contributed by atoms with E-state index in [1.54, 1.807) is 6.92 Å². The zero-order valence-corrected chi connectivity index (χ0v) is 17.7. The molecule has 0 N–H and O–H groups in total. The number of anilines is 2. The Hall–Kier alpha value is -3.60. The first-order valence-corrected chi connectivity index (χ1v) is 10.5. The molecule has 3 aromatic carbocycles. The van der Waals surface area contributed by atoms with Crippen LogP contribution in [0.4, 0.5) is 11.4 Å². The molecule has 0 radical (unpaired) electrons. The van der Waals surface area contributed by atoms with Crippen molar-refractivity contribution in [3.63, 3.8) is 0 Å². The molecular weight excluding hydrogens is 390 g/mol. The minimum atomic E-state index is -1.69. The molecule has 1 aliphatic heterocycles. The molecule has 1 aliphatic rings. The van der Waals surface area contributed by atoms with Gasteiger partial charge in [0.15, 0.2) is 0 Å². The number of hydrogen-bond acceptors (Lipinski definition) is 5. The van der Waals surface area contributed by atoms with Gasteiger partial charge in [0.25, 0.3) is 0 Å². The van der Waals surface area contributed by atoms with E-state index >= 15 is 0 Å². The molecule has 158 valence electrons. The highest BCUT2D eigenvalue weighted by molar-refractivity contribution is 6.14. The van der Waals surface area contributed by atoms with Crippen LogP contribution in [0.15, 0.2) is 78.9 Å². The quantitative estimate of drug-likeness (QED) is 0.430. The number of ether oxygens (including phenoxy) is 2. The minimum Gasteiger partial charge on any atom is -0.465 e. The Morgan fingerprint density at radius 3 is 1.81 bits per heavy atom. The smallest absolute Gasteiger partial charge is 0.333 e. The summed E-state index contributed by atoms with van der Waals surface area (Å²) in [4.78, 5) is 29.4. The first kappa shape index (κ1) is 20.7. The van der Waals surface area contributed by atoms with E-state index in [9.17, 15) is 9.59 Å². The molecular formula is C26H25NO4. The fraction of sp³-hybridized carbons (Fsp3) is 0.231. The summed E-state index contributed by atoms with van der Waals surface area (Å²) >= 11 is 0. The van der Waals surface area contributed by atoms with E-state index < -0.39 is 17.4 Å². The van der Waals surface area contributed by atoms with Gasteiger partial charge in [0, 0.05) is 29.0 Å². The molecule has 1 heterocycles. The van der Waals surface area contributed by atoms with Gasteiger partial charge in [-0.1, -0.05) is 66.7 Å². The number of esters is 2. The molecule has 0 aliphatic carbocycles. The lowest BCUT2D eigenvalue weighted by molar-refractivity contribution is -0.163. The van der Waals surface area contributed by atoms with Crippen molar-refractivity contribution in [2.24, 2.45) is 0 Å². The SMILES string of the molecule is CCOC(=O)C1(C(=O)OCc2ccccc2)c2ccccc2N(CC)c2ccccc21. The van der Waals surface area contributed by atoms with Gasteiger partial charge in [-0.3, -0.25) is 9.59 Å². The summed E-state index contributed by atoms with van der Waals surface area (Å²) in [5.41, 5.74) is 1.91. The van der Waals surface area contributed by atoms with Crippen LogP contribution in [0.2, 0.25) is 0 Å². The third-order valence-corrected chi connectivity index (χ3v) is 5.61. The van der Waals surface area contributed by atoms with E-state index in [0.29, 0.717) is 17.7 Å². The largest absolute Gasteiger partial charge is 0.465 e. The van der Waals surface area contributed by atoms with Gasteiger partial charge >= 0.3 is 11.9 Å². The van der Waals surface area contributed by atoms with E-state index in [1.807, 2.05) is 85.8 Å². The lowest BCUT2D eigenvalue weighted by atomic mass is 9.70. The zero-order chi connectivity index (χ0) is 21.8. The van der Waals surface area contributed by atoms with E-state index in [1.165, 1.54) is 0 Å². The number of carbonyl (C=O) groups is 2. The number of fused-ring (bicyclic) bond motifs is 2. The van der Waals surface area contributed by atoms with Crippen molar-refractivity contribution in [2.75, 3.05) is 18.1 Å². The molecule has 0 aromatic heterocycles. The van der Waals surface area contributed by atoms with Crippen LogP contribution >= 0.6 is 0 Å². The standard InChI is InChI=1S/C26H25NO4/c1-3-27-22-16-10-8-14-20(22)26(24(28)30-4-2,21-15-9-11-17-23(21)27)25(29)31-18-19-12-6-5-7-13-19/h5-17H,3-4,18H2,1-2H3.